The third kappa shape index (κ3) is 3.80. The first kappa shape index (κ1) is 15.0. The lowest BCUT2D eigenvalue weighted by atomic mass is 10.0. The van der Waals surface area contributed by atoms with Gasteiger partial charge in [-0.25, -0.2) is 0 Å². The highest BCUT2D eigenvalue weighted by Gasteiger charge is 2.31. The van der Waals surface area contributed by atoms with Gasteiger partial charge in [-0.15, -0.1) is 13.2 Å². The fourth-order valence-corrected chi connectivity index (χ4v) is 1.89. The smallest absolute Gasteiger partial charge is 0.508 e. The van der Waals surface area contributed by atoms with Crippen LogP contribution in [0.2, 0.25) is 5.02 Å². The molecule has 0 bridgehead atoms. The molecule has 0 saturated carbocycles. The minimum absolute atomic E-state index is 0.177. The van der Waals surface area contributed by atoms with Gasteiger partial charge in [0.25, 0.3) is 0 Å². The number of phenols is 1. The number of phenolic OH excluding ortho intramolecular Hbond substituents is 1. The standard InChI is InChI=1S/C14H7ClF3NO2/c15-13-2-1-8(3-10(13)7-19)9-4-11(20)6-12(5-9)21-14(16,17)18/h1-6,20H. The van der Waals surface area contributed by atoms with Crippen LogP contribution in [0.25, 0.3) is 11.1 Å². The molecule has 3 nitrogen and oxygen atoms in total. The summed E-state index contributed by atoms with van der Waals surface area (Å²) >= 11 is 5.79. The van der Waals surface area contributed by atoms with Crippen molar-refractivity contribution in [2.45, 2.75) is 6.36 Å². The van der Waals surface area contributed by atoms with Crippen LogP contribution in [0.1, 0.15) is 5.56 Å². The summed E-state index contributed by atoms with van der Waals surface area (Å²) in [6.07, 6.45) is -4.86. The number of nitriles is 1. The van der Waals surface area contributed by atoms with Gasteiger partial charge in [0.1, 0.15) is 17.6 Å². The third-order valence-electron chi connectivity index (χ3n) is 2.55. The number of nitrogens with zero attached hydrogens (tertiary/aromatic N) is 1. The molecule has 0 amide bonds. The summed E-state index contributed by atoms with van der Waals surface area (Å²) in [5.41, 5.74) is 0.872. The molecule has 0 saturated heterocycles. The molecule has 0 heterocycles. The maximum atomic E-state index is 12.2. The number of benzene rings is 2. The number of aromatic hydroxyl groups is 1. The van der Waals surface area contributed by atoms with Crippen LogP contribution in [-0.4, -0.2) is 11.5 Å². The van der Waals surface area contributed by atoms with Gasteiger partial charge in [0.2, 0.25) is 0 Å². The van der Waals surface area contributed by atoms with Gasteiger partial charge in [0.15, 0.2) is 0 Å². The van der Waals surface area contributed by atoms with Crippen molar-refractivity contribution in [1.29, 1.82) is 5.26 Å². The van der Waals surface area contributed by atoms with Gasteiger partial charge in [0, 0.05) is 6.07 Å². The second-order valence-corrected chi connectivity index (χ2v) is 4.48. The number of rotatable bonds is 2. The largest absolute Gasteiger partial charge is 0.573 e. The van der Waals surface area contributed by atoms with E-state index in [-0.39, 0.29) is 21.9 Å². The second-order valence-electron chi connectivity index (χ2n) is 4.07. The van der Waals surface area contributed by atoms with Crippen molar-refractivity contribution in [3.63, 3.8) is 0 Å². The van der Waals surface area contributed by atoms with Crippen molar-refractivity contribution >= 4 is 11.6 Å². The van der Waals surface area contributed by atoms with E-state index in [0.29, 0.717) is 5.56 Å². The maximum Gasteiger partial charge on any atom is 0.573 e. The van der Waals surface area contributed by atoms with Crippen molar-refractivity contribution in [2.24, 2.45) is 0 Å². The Morgan fingerprint density at radius 1 is 1.10 bits per heavy atom. The Balaban J connectivity index is 2.47. The summed E-state index contributed by atoms with van der Waals surface area (Å²) in [5, 5.41) is 18.6. The van der Waals surface area contributed by atoms with Gasteiger partial charge in [-0.3, -0.25) is 0 Å². The van der Waals surface area contributed by atoms with Crippen molar-refractivity contribution in [3.05, 3.63) is 47.0 Å². The van der Waals surface area contributed by atoms with E-state index in [9.17, 15) is 18.3 Å². The zero-order chi connectivity index (χ0) is 15.6. The predicted octanol–water partition coefficient (Wildman–Crippen LogP) is 4.48. The van der Waals surface area contributed by atoms with Gasteiger partial charge in [-0.1, -0.05) is 17.7 Å². The minimum Gasteiger partial charge on any atom is -0.508 e. The maximum absolute atomic E-state index is 12.2. The topological polar surface area (TPSA) is 53.2 Å². The predicted molar refractivity (Wildman–Crippen MR) is 70.0 cm³/mol. The fourth-order valence-electron chi connectivity index (χ4n) is 1.73. The average Bonchev–Trinajstić information content (AvgIpc) is 2.36. The lowest BCUT2D eigenvalue weighted by Crippen LogP contribution is -2.17. The van der Waals surface area contributed by atoms with Crippen molar-refractivity contribution in [2.75, 3.05) is 0 Å². The zero-order valence-electron chi connectivity index (χ0n) is 10.3. The molecule has 0 fully saturated rings. The Hall–Kier alpha value is -2.39. The van der Waals surface area contributed by atoms with E-state index in [0.717, 1.165) is 12.1 Å². The molecule has 0 radical (unpaired) electrons. The van der Waals surface area contributed by atoms with Crippen LogP contribution < -0.4 is 4.74 Å². The normalized spacial score (nSPS) is 11.0. The number of halogens is 4. The molecule has 0 atom stereocenters. The lowest BCUT2D eigenvalue weighted by Gasteiger charge is -2.11. The van der Waals surface area contributed by atoms with Crippen LogP contribution >= 0.6 is 11.6 Å². The van der Waals surface area contributed by atoms with E-state index in [4.69, 9.17) is 16.9 Å². The summed E-state index contributed by atoms with van der Waals surface area (Å²) in [6.45, 7) is 0. The molecule has 0 aliphatic carbocycles. The summed E-state index contributed by atoms with van der Waals surface area (Å²) < 4.78 is 40.4. The molecule has 21 heavy (non-hydrogen) atoms. The summed E-state index contributed by atoms with van der Waals surface area (Å²) in [4.78, 5) is 0. The Kier molecular flexibility index (Phi) is 3.96. The van der Waals surface area contributed by atoms with Crippen molar-refractivity contribution in [1.82, 2.24) is 0 Å². The fraction of sp³-hybridized carbons (Fsp3) is 0.0714. The van der Waals surface area contributed by atoms with E-state index >= 15 is 0 Å². The molecule has 0 aliphatic rings. The van der Waals surface area contributed by atoms with Crippen LogP contribution in [0.3, 0.4) is 0 Å². The van der Waals surface area contributed by atoms with Crippen molar-refractivity contribution < 1.29 is 23.0 Å². The number of hydrogen-bond donors (Lipinski definition) is 1. The van der Waals surface area contributed by atoms with E-state index in [2.05, 4.69) is 4.74 Å². The molecular formula is C14H7ClF3NO2. The molecule has 1 N–H and O–H groups in total. The zero-order valence-corrected chi connectivity index (χ0v) is 11.0. The van der Waals surface area contributed by atoms with Gasteiger partial charge in [-0.2, -0.15) is 5.26 Å². The van der Waals surface area contributed by atoms with Gasteiger partial charge >= 0.3 is 6.36 Å². The molecule has 7 heteroatoms. The highest BCUT2D eigenvalue weighted by Crippen LogP contribution is 2.33. The monoisotopic (exact) mass is 313 g/mol. The Labute approximate surface area is 122 Å². The average molecular weight is 314 g/mol. The van der Waals surface area contributed by atoms with Gasteiger partial charge in [-0.05, 0) is 35.4 Å². The molecule has 0 spiro atoms. The number of hydrogen-bond acceptors (Lipinski definition) is 3. The Bertz CT molecular complexity index is 723. The highest BCUT2D eigenvalue weighted by atomic mass is 35.5. The van der Waals surface area contributed by atoms with Gasteiger partial charge < -0.3 is 9.84 Å². The van der Waals surface area contributed by atoms with Crippen LogP contribution in [0.5, 0.6) is 11.5 Å². The molecular weight excluding hydrogens is 307 g/mol. The third-order valence-corrected chi connectivity index (χ3v) is 2.87. The minimum atomic E-state index is -4.86. The SMILES string of the molecule is N#Cc1cc(-c2cc(O)cc(OC(F)(F)F)c2)ccc1Cl. The van der Waals surface area contributed by atoms with Crippen LogP contribution in [0.15, 0.2) is 36.4 Å². The van der Waals surface area contributed by atoms with Crippen LogP contribution in [0, 0.1) is 11.3 Å². The van der Waals surface area contributed by atoms with Gasteiger partial charge in [0.05, 0.1) is 10.6 Å². The summed E-state index contributed by atoms with van der Waals surface area (Å²) in [7, 11) is 0. The first-order valence-corrected chi connectivity index (χ1v) is 5.96. The molecule has 2 aromatic carbocycles. The molecule has 108 valence electrons. The Morgan fingerprint density at radius 2 is 1.81 bits per heavy atom. The Morgan fingerprint density at radius 3 is 2.43 bits per heavy atom. The quantitative estimate of drug-likeness (QED) is 0.889. The highest BCUT2D eigenvalue weighted by molar-refractivity contribution is 6.31. The molecule has 0 aromatic heterocycles. The molecule has 2 aromatic rings. The number of ether oxygens (including phenoxy) is 1. The van der Waals surface area contributed by atoms with Crippen LogP contribution in [0.4, 0.5) is 13.2 Å². The van der Waals surface area contributed by atoms with E-state index in [1.807, 2.05) is 6.07 Å². The molecule has 0 unspecified atom stereocenters. The second kappa shape index (κ2) is 5.54. The first-order valence-electron chi connectivity index (χ1n) is 5.58. The van der Waals surface area contributed by atoms with Crippen molar-refractivity contribution in [3.8, 4) is 28.7 Å². The van der Waals surface area contributed by atoms with E-state index in [1.165, 1.54) is 24.3 Å². The van der Waals surface area contributed by atoms with Crippen LogP contribution in [-0.2, 0) is 0 Å². The van der Waals surface area contributed by atoms with E-state index < -0.39 is 12.1 Å². The summed E-state index contributed by atoms with van der Waals surface area (Å²) in [6, 6.07) is 9.46. The summed E-state index contributed by atoms with van der Waals surface area (Å²) in [5.74, 6) is -0.939. The lowest BCUT2D eigenvalue weighted by molar-refractivity contribution is -0.274. The van der Waals surface area contributed by atoms with E-state index in [1.54, 1.807) is 0 Å². The first-order chi connectivity index (χ1) is 9.78. The molecule has 2 rings (SSSR count). The number of alkyl halides is 3. The molecule has 0 aliphatic heterocycles.